The second-order valence-corrected chi connectivity index (χ2v) is 16.6. The Morgan fingerprint density at radius 2 is 0.632 bits per heavy atom. The zero-order chi connectivity index (χ0) is 52.3. The molecule has 2 N–H and O–H groups in total. The maximum atomic E-state index is 12.7. The van der Waals surface area contributed by atoms with Crippen molar-refractivity contribution in [3.05, 3.63) is 316 Å². The van der Waals surface area contributed by atoms with E-state index in [1.165, 1.54) is 24.3 Å². The minimum atomic E-state index is -0.354. The van der Waals surface area contributed by atoms with Gasteiger partial charge in [-0.15, -0.1) is 48.5 Å². The Bertz CT molecular complexity index is 3120. The van der Waals surface area contributed by atoms with Crippen molar-refractivity contribution in [1.82, 2.24) is 0 Å². The van der Waals surface area contributed by atoms with Crippen LogP contribution in [-0.2, 0) is 48.7 Å². The molecule has 0 aliphatic carbocycles. The third-order valence-electron chi connectivity index (χ3n) is 9.83. The molecule has 0 aliphatic rings. The first-order valence-electron chi connectivity index (χ1n) is 22.5. The van der Waals surface area contributed by atoms with E-state index in [4.69, 9.17) is 59.2 Å². The van der Waals surface area contributed by atoms with Crippen molar-refractivity contribution in [2.24, 2.45) is 0 Å². The normalized spacial score (nSPS) is 9.63. The smallest absolute Gasteiger partial charge is 0.533 e. The van der Waals surface area contributed by atoms with Crippen LogP contribution in [0.25, 0.3) is 0 Å². The van der Waals surface area contributed by atoms with Gasteiger partial charge in [-0.3, -0.25) is 9.59 Å². The predicted octanol–water partition coefficient (Wildman–Crippen LogP) is 16.8. The van der Waals surface area contributed by atoms with Crippen LogP contribution in [0.1, 0.15) is 37.4 Å². The molecule has 0 amide bonds. The Morgan fingerprint density at radius 3 is 0.961 bits per heavy atom. The molecule has 10 rings (SSSR count). The van der Waals surface area contributed by atoms with Gasteiger partial charge in [0, 0.05) is 60.3 Å². The molecule has 0 aliphatic heterocycles. The van der Waals surface area contributed by atoms with Crippen LogP contribution in [0.5, 0.6) is 40.2 Å². The Hall–Kier alpha value is -7.28. The molecule has 0 spiro atoms. The number of rotatable bonds is 11. The van der Waals surface area contributed by atoms with E-state index in [1.807, 2.05) is 84.9 Å². The third kappa shape index (κ3) is 22.3. The fraction of sp³-hybridized carbons (Fsp3) is 0.0159. The van der Waals surface area contributed by atoms with Gasteiger partial charge in [-0.05, 0) is 139 Å². The van der Waals surface area contributed by atoms with Crippen LogP contribution in [0, 0.1) is 30.1 Å². The first kappa shape index (κ1) is 61.3. The second kappa shape index (κ2) is 33.6. The van der Waals surface area contributed by atoms with Crippen LogP contribution < -0.4 is 14.2 Å². The second-order valence-electron chi connectivity index (χ2n) is 15.3. The SMILES string of the molecule is Clc1ccc(OCc2ccc(Oc3cc[c-]cc3)cc2)cc1.O=C(c1ccc(Cl)cc1)c1ccc(Oc2cc[c-]cc2)cc1.O=C(c1ccc(F)cc1)c1ccc(Cl)cc1.Oc1cc[c-]cc1.Oc1cc[c-]cc1.[W+2].[W+2]. The maximum Gasteiger partial charge on any atom is 2.00 e. The molecule has 0 bridgehead atoms. The predicted molar refractivity (Wildman–Crippen MR) is 289 cm³/mol. The summed E-state index contributed by atoms with van der Waals surface area (Å²) in [6, 6.07) is 80.2. The number of carbonyl (C=O) groups excluding carboxylic acids is 2. The van der Waals surface area contributed by atoms with Gasteiger partial charge in [-0.1, -0.05) is 46.9 Å². The standard InChI is InChI=1S/C19H14ClO2.C19H12ClO2.C13H8ClFO.2C6H5O.2W/c20-16-8-12-17(13-9-16)21-14-15-6-10-19(11-7-15)22-18-4-2-1-3-5-18;20-16-10-6-14(7-11-16)19(21)15-8-12-18(13-9-15)22-17-4-2-1-3-5-17;14-11-5-1-9(2-6-11)13(16)10-3-7-12(15)8-4-10;2*7-6-4-2-1-3-5-6;;/h2-13H,14H2;2-13H;1-8H;2*2-5,7H;;/q2*-1;;2*-1;2*+2. The topological polar surface area (TPSA) is 102 Å². The number of benzene rings is 10. The van der Waals surface area contributed by atoms with Gasteiger partial charge in [-0.2, -0.15) is 72.8 Å². The van der Waals surface area contributed by atoms with E-state index < -0.39 is 0 Å². The summed E-state index contributed by atoms with van der Waals surface area (Å²) in [7, 11) is 0. The fourth-order valence-corrected chi connectivity index (χ4v) is 6.45. The number of hydrogen-bond donors (Lipinski definition) is 2. The van der Waals surface area contributed by atoms with E-state index in [2.05, 4.69) is 24.3 Å². The number of hydrogen-bond acceptors (Lipinski definition) is 7. The molecule has 0 aromatic heterocycles. The van der Waals surface area contributed by atoms with Crippen molar-refractivity contribution in [3.63, 3.8) is 0 Å². The Labute approximate surface area is 485 Å². The van der Waals surface area contributed by atoms with E-state index in [1.54, 1.807) is 133 Å². The Kier molecular flexibility index (Phi) is 27.1. The minimum absolute atomic E-state index is 0. The minimum Gasteiger partial charge on any atom is -0.533 e. The largest absolute Gasteiger partial charge is 2.00 e. The van der Waals surface area contributed by atoms with Gasteiger partial charge in [0.25, 0.3) is 0 Å². The molecular formula is C63H44Cl3FO7W2. The number of aromatic hydroxyl groups is 2. The third-order valence-corrected chi connectivity index (χ3v) is 10.6. The molecule has 0 saturated heterocycles. The molecule has 0 atom stereocenters. The molecule has 7 nitrogen and oxygen atoms in total. The summed E-state index contributed by atoms with van der Waals surface area (Å²) in [5, 5.41) is 19.1. The van der Waals surface area contributed by atoms with Gasteiger partial charge < -0.3 is 24.4 Å². The van der Waals surface area contributed by atoms with Gasteiger partial charge in [0.05, 0.1) is 0 Å². The summed E-state index contributed by atoms with van der Waals surface area (Å²) in [6.45, 7) is 0.502. The summed E-state index contributed by atoms with van der Waals surface area (Å²) in [4.78, 5) is 24.2. The number of phenols is 2. The zero-order valence-electron chi connectivity index (χ0n) is 40.1. The Morgan fingerprint density at radius 1 is 0.368 bits per heavy atom. The van der Waals surface area contributed by atoms with E-state index in [9.17, 15) is 14.0 Å². The average Bonchev–Trinajstić information content (AvgIpc) is 3.43. The zero-order valence-corrected chi connectivity index (χ0v) is 48.2. The van der Waals surface area contributed by atoms with Crippen molar-refractivity contribution in [2.45, 2.75) is 6.61 Å². The Balaban J connectivity index is 0.000000217. The number of phenolic OH excluding ortho intramolecular Hbond substituents is 2. The molecule has 0 saturated carbocycles. The number of ether oxygens (including phenoxy) is 3. The molecule has 13 heteroatoms. The van der Waals surface area contributed by atoms with E-state index in [0.717, 1.165) is 28.6 Å². The quantitative estimate of drug-likeness (QED) is 0.0982. The summed E-state index contributed by atoms with van der Waals surface area (Å²) in [5.74, 6) is 3.84. The van der Waals surface area contributed by atoms with Gasteiger partial charge in [0.2, 0.25) is 0 Å². The molecule has 10 aromatic rings. The average molecular weight is 1410 g/mol. The number of carbonyl (C=O) groups is 2. The van der Waals surface area contributed by atoms with Crippen LogP contribution >= 0.6 is 34.8 Å². The summed E-state index contributed by atoms with van der Waals surface area (Å²) >= 11 is 17.4. The molecule has 378 valence electrons. The molecule has 0 unspecified atom stereocenters. The van der Waals surface area contributed by atoms with Gasteiger partial charge in [-0.25, -0.2) is 4.39 Å². The van der Waals surface area contributed by atoms with Crippen molar-refractivity contribution in [2.75, 3.05) is 0 Å². The molecule has 0 fully saturated rings. The van der Waals surface area contributed by atoms with E-state index in [-0.39, 0.29) is 59.5 Å². The van der Waals surface area contributed by atoms with Crippen molar-refractivity contribution in [3.8, 4) is 40.2 Å². The molecule has 10 aromatic carbocycles. The van der Waals surface area contributed by atoms with Gasteiger partial charge in [0.15, 0.2) is 11.6 Å². The molecule has 0 radical (unpaired) electrons. The van der Waals surface area contributed by atoms with Crippen LogP contribution in [-0.4, -0.2) is 21.8 Å². The molecule has 0 heterocycles. The van der Waals surface area contributed by atoms with Crippen molar-refractivity contribution < 1.29 is 80.5 Å². The van der Waals surface area contributed by atoms with Gasteiger partial charge in [0.1, 0.15) is 29.7 Å². The maximum absolute atomic E-state index is 12.7. The first-order chi connectivity index (χ1) is 36.0. The van der Waals surface area contributed by atoms with E-state index in [0.29, 0.717) is 61.2 Å². The summed E-state index contributed by atoms with van der Waals surface area (Å²) < 4.78 is 29.8. The van der Waals surface area contributed by atoms with Crippen LogP contribution in [0.3, 0.4) is 0 Å². The summed E-state index contributed by atoms with van der Waals surface area (Å²) in [6.07, 6.45) is 0. The fourth-order valence-electron chi connectivity index (χ4n) is 6.07. The molecular weight excluding hydrogens is 1360 g/mol. The van der Waals surface area contributed by atoms with E-state index >= 15 is 0 Å². The molecule has 76 heavy (non-hydrogen) atoms. The monoisotopic (exact) mass is 1400 g/mol. The number of halogens is 4. The van der Waals surface area contributed by atoms with Crippen molar-refractivity contribution in [1.29, 1.82) is 0 Å². The van der Waals surface area contributed by atoms with Crippen LogP contribution in [0.2, 0.25) is 15.1 Å². The van der Waals surface area contributed by atoms with Gasteiger partial charge >= 0.3 is 42.1 Å². The number of ketones is 2. The summed E-state index contributed by atoms with van der Waals surface area (Å²) in [5.41, 5.74) is 3.29. The first-order valence-corrected chi connectivity index (χ1v) is 23.6. The van der Waals surface area contributed by atoms with Crippen molar-refractivity contribution >= 4 is 46.4 Å². The van der Waals surface area contributed by atoms with Crippen LogP contribution in [0.4, 0.5) is 4.39 Å². The van der Waals surface area contributed by atoms with Crippen LogP contribution in [0.15, 0.2) is 243 Å².